The Hall–Kier alpha value is -1.68. The van der Waals surface area contributed by atoms with Crippen molar-refractivity contribution in [3.63, 3.8) is 0 Å². The third-order valence-electron chi connectivity index (χ3n) is 7.22. The second kappa shape index (κ2) is 15.4. The lowest BCUT2D eigenvalue weighted by Crippen LogP contribution is -2.47. The van der Waals surface area contributed by atoms with Crippen molar-refractivity contribution in [1.82, 2.24) is 25.5 Å². The summed E-state index contributed by atoms with van der Waals surface area (Å²) in [6.07, 6.45) is 6.35. The zero-order valence-electron chi connectivity index (χ0n) is 22.4. The number of nitrogen functional groups attached to an aromatic ring is 1. The Labute approximate surface area is 213 Å². The van der Waals surface area contributed by atoms with Crippen LogP contribution in [0.1, 0.15) is 52.9 Å². The highest BCUT2D eigenvalue weighted by Gasteiger charge is 2.22. The predicted molar refractivity (Wildman–Crippen MR) is 146 cm³/mol. The Bertz CT molecular complexity index is 703. The largest absolute Gasteiger partial charge is 0.383 e. The van der Waals surface area contributed by atoms with Gasteiger partial charge in [0.15, 0.2) is 0 Å². The highest BCUT2D eigenvalue weighted by molar-refractivity contribution is 5.51. The normalized spacial score (nSPS) is 21.5. The van der Waals surface area contributed by atoms with Crippen molar-refractivity contribution in [3.05, 3.63) is 6.07 Å². The molecule has 1 aromatic heterocycles. The van der Waals surface area contributed by atoms with Crippen LogP contribution in [0.5, 0.6) is 0 Å². The van der Waals surface area contributed by atoms with E-state index >= 15 is 0 Å². The van der Waals surface area contributed by atoms with Gasteiger partial charge in [0.25, 0.3) is 0 Å². The molecule has 3 rings (SSSR count). The van der Waals surface area contributed by atoms with E-state index in [1.54, 1.807) is 0 Å². The van der Waals surface area contributed by atoms with Crippen LogP contribution in [0.4, 0.5) is 17.6 Å². The lowest BCUT2D eigenvalue weighted by molar-refractivity contribution is 0.111. The molecule has 2 heterocycles. The monoisotopic (exact) mass is 490 g/mol. The number of nitrogens with one attached hydrogen (secondary N) is 3. The third-order valence-corrected chi connectivity index (χ3v) is 7.22. The SMILES string of the molecule is CCOCCN1CCN(c2cc(N)nc(NC[C@H]3CC[C@H](CNCCCNC(C)C)CC3)n2)CC1. The van der Waals surface area contributed by atoms with E-state index in [1.807, 2.05) is 13.0 Å². The summed E-state index contributed by atoms with van der Waals surface area (Å²) in [5.74, 6) is 3.63. The van der Waals surface area contributed by atoms with Crippen LogP contribution in [0.25, 0.3) is 0 Å². The number of nitrogens with two attached hydrogens (primary N) is 1. The molecule has 1 aliphatic heterocycles. The molecule has 1 saturated heterocycles. The molecule has 9 nitrogen and oxygen atoms in total. The summed E-state index contributed by atoms with van der Waals surface area (Å²) in [6, 6.07) is 2.48. The zero-order chi connectivity index (χ0) is 24.9. The number of anilines is 3. The molecule has 2 fully saturated rings. The number of rotatable bonds is 15. The molecule has 5 N–H and O–H groups in total. The number of hydrogen-bond acceptors (Lipinski definition) is 9. The number of aromatic nitrogens is 2. The summed E-state index contributed by atoms with van der Waals surface area (Å²) in [4.78, 5) is 14.0. The number of nitrogens with zero attached hydrogens (tertiary/aromatic N) is 4. The van der Waals surface area contributed by atoms with Crippen LogP contribution in [0.15, 0.2) is 6.07 Å². The van der Waals surface area contributed by atoms with E-state index in [0.29, 0.717) is 23.7 Å². The van der Waals surface area contributed by atoms with Gasteiger partial charge in [0.05, 0.1) is 6.61 Å². The maximum Gasteiger partial charge on any atom is 0.226 e. The average Bonchev–Trinajstić information content (AvgIpc) is 2.86. The molecular weight excluding hydrogens is 440 g/mol. The Balaban J connectivity index is 1.33. The zero-order valence-corrected chi connectivity index (χ0v) is 22.4. The lowest BCUT2D eigenvalue weighted by Gasteiger charge is -2.35. The predicted octanol–water partition coefficient (Wildman–Crippen LogP) is 2.41. The molecule has 2 aliphatic rings. The lowest BCUT2D eigenvalue weighted by atomic mass is 9.82. The van der Waals surface area contributed by atoms with Gasteiger partial charge in [-0.15, -0.1) is 0 Å². The Morgan fingerprint density at radius 3 is 2.43 bits per heavy atom. The van der Waals surface area contributed by atoms with Crippen molar-refractivity contribution >= 4 is 17.6 Å². The van der Waals surface area contributed by atoms with Crippen molar-refractivity contribution in [2.75, 3.05) is 88.1 Å². The highest BCUT2D eigenvalue weighted by Crippen LogP contribution is 2.28. The van der Waals surface area contributed by atoms with Gasteiger partial charge in [-0.2, -0.15) is 9.97 Å². The third kappa shape index (κ3) is 10.5. The van der Waals surface area contributed by atoms with Crippen molar-refractivity contribution < 1.29 is 4.74 Å². The van der Waals surface area contributed by atoms with Crippen LogP contribution in [-0.4, -0.2) is 93.0 Å². The fourth-order valence-electron chi connectivity index (χ4n) is 5.02. The minimum Gasteiger partial charge on any atom is -0.383 e. The first kappa shape index (κ1) is 27.9. The van der Waals surface area contributed by atoms with Gasteiger partial charge in [-0.3, -0.25) is 4.90 Å². The van der Waals surface area contributed by atoms with E-state index in [-0.39, 0.29) is 0 Å². The maximum absolute atomic E-state index is 6.14. The van der Waals surface area contributed by atoms with E-state index in [9.17, 15) is 0 Å². The van der Waals surface area contributed by atoms with Gasteiger partial charge in [0.1, 0.15) is 11.6 Å². The van der Waals surface area contributed by atoms with E-state index < -0.39 is 0 Å². The molecule has 35 heavy (non-hydrogen) atoms. The summed E-state index contributed by atoms with van der Waals surface area (Å²) in [6.45, 7) is 17.3. The molecule has 0 radical (unpaired) electrons. The van der Waals surface area contributed by atoms with E-state index in [1.165, 1.54) is 32.1 Å². The van der Waals surface area contributed by atoms with Crippen LogP contribution in [0.3, 0.4) is 0 Å². The van der Waals surface area contributed by atoms with Crippen LogP contribution in [0, 0.1) is 11.8 Å². The Kier molecular flexibility index (Phi) is 12.3. The van der Waals surface area contributed by atoms with Crippen molar-refractivity contribution in [2.45, 2.75) is 58.9 Å². The first-order valence-corrected chi connectivity index (χ1v) is 13.9. The summed E-state index contributed by atoms with van der Waals surface area (Å²) in [7, 11) is 0. The molecule has 0 atom stereocenters. The fraction of sp³-hybridized carbons (Fsp3) is 0.846. The van der Waals surface area contributed by atoms with Gasteiger partial charge in [-0.1, -0.05) is 13.8 Å². The highest BCUT2D eigenvalue weighted by atomic mass is 16.5. The molecule has 0 spiro atoms. The van der Waals surface area contributed by atoms with Gasteiger partial charge in [-0.25, -0.2) is 0 Å². The maximum atomic E-state index is 6.14. The van der Waals surface area contributed by atoms with E-state index in [2.05, 4.69) is 44.6 Å². The van der Waals surface area contributed by atoms with Crippen molar-refractivity contribution in [1.29, 1.82) is 0 Å². The number of ether oxygens (including phenoxy) is 1. The molecule has 1 aliphatic carbocycles. The van der Waals surface area contributed by atoms with Gasteiger partial charge in [0.2, 0.25) is 5.95 Å². The molecule has 200 valence electrons. The average molecular weight is 491 g/mol. The van der Waals surface area contributed by atoms with E-state index in [4.69, 9.17) is 15.5 Å². The van der Waals surface area contributed by atoms with E-state index in [0.717, 1.165) is 83.9 Å². The molecule has 0 unspecified atom stereocenters. The second-order valence-corrected chi connectivity index (χ2v) is 10.4. The molecule has 1 aromatic rings. The second-order valence-electron chi connectivity index (χ2n) is 10.4. The van der Waals surface area contributed by atoms with Gasteiger partial charge in [0, 0.05) is 58.0 Å². The molecule has 9 heteroatoms. The first-order chi connectivity index (χ1) is 17.0. The summed E-state index contributed by atoms with van der Waals surface area (Å²) >= 11 is 0. The Morgan fingerprint density at radius 2 is 1.74 bits per heavy atom. The van der Waals surface area contributed by atoms with Crippen molar-refractivity contribution in [3.8, 4) is 0 Å². The smallest absolute Gasteiger partial charge is 0.226 e. The molecule has 0 amide bonds. The minimum atomic E-state index is 0.537. The standard InChI is InChI=1S/C26H50N8O/c1-4-35-17-16-33-12-14-34(15-13-33)25-18-24(27)31-26(32-25)30-20-23-8-6-22(7-9-23)19-28-10-5-11-29-21(2)3/h18,21-23,28-29H,4-17,19-20H2,1-3H3,(H3,27,30,31,32)/t22-,23-. The number of piperazine rings is 1. The van der Waals surface area contributed by atoms with Crippen LogP contribution in [0.2, 0.25) is 0 Å². The molecule has 0 aromatic carbocycles. The molecular formula is C26H50N8O. The molecule has 1 saturated carbocycles. The van der Waals surface area contributed by atoms with Crippen LogP contribution < -0.4 is 26.6 Å². The van der Waals surface area contributed by atoms with Crippen LogP contribution >= 0.6 is 0 Å². The molecule has 0 bridgehead atoms. The summed E-state index contributed by atoms with van der Waals surface area (Å²) in [5.41, 5.74) is 6.14. The quantitative estimate of drug-likeness (QED) is 0.276. The Morgan fingerprint density at radius 1 is 1.03 bits per heavy atom. The minimum absolute atomic E-state index is 0.537. The van der Waals surface area contributed by atoms with Crippen molar-refractivity contribution in [2.24, 2.45) is 11.8 Å². The summed E-state index contributed by atoms with van der Waals surface area (Å²) in [5, 5.41) is 10.6. The number of hydrogen-bond donors (Lipinski definition) is 4. The topological polar surface area (TPSA) is 104 Å². The first-order valence-electron chi connectivity index (χ1n) is 13.9. The van der Waals surface area contributed by atoms with Gasteiger partial charge < -0.3 is 31.3 Å². The fourth-order valence-corrected chi connectivity index (χ4v) is 5.02. The summed E-state index contributed by atoms with van der Waals surface area (Å²) < 4.78 is 5.49. The van der Waals surface area contributed by atoms with Crippen LogP contribution in [-0.2, 0) is 4.74 Å². The van der Waals surface area contributed by atoms with Gasteiger partial charge in [-0.05, 0) is 70.5 Å². The van der Waals surface area contributed by atoms with Gasteiger partial charge >= 0.3 is 0 Å².